The molecule has 2 aliphatic heterocycles. The molecule has 16 heavy (non-hydrogen) atoms. The lowest BCUT2D eigenvalue weighted by Crippen LogP contribution is -2.47. The number of likely N-dealkylation sites (tertiary alicyclic amines) is 1. The van der Waals surface area contributed by atoms with Crippen LogP contribution in [0.25, 0.3) is 0 Å². The molecule has 0 amide bonds. The highest BCUT2D eigenvalue weighted by atomic mass is 15.2. The highest BCUT2D eigenvalue weighted by molar-refractivity contribution is 4.81. The SMILES string of the molecule is C=CN1CCC(CN2CCN(C)CC2)CC1. The van der Waals surface area contributed by atoms with Gasteiger partial charge in [-0.25, -0.2) is 0 Å². The van der Waals surface area contributed by atoms with Gasteiger partial charge in [0, 0.05) is 45.8 Å². The van der Waals surface area contributed by atoms with Crippen molar-refractivity contribution in [3.05, 3.63) is 12.8 Å². The highest BCUT2D eigenvalue weighted by Crippen LogP contribution is 2.18. The van der Waals surface area contributed by atoms with Crippen molar-refractivity contribution in [1.82, 2.24) is 14.7 Å². The van der Waals surface area contributed by atoms with Crippen LogP contribution < -0.4 is 0 Å². The van der Waals surface area contributed by atoms with Crippen LogP contribution >= 0.6 is 0 Å². The minimum atomic E-state index is 0.916. The number of hydrogen-bond donors (Lipinski definition) is 0. The highest BCUT2D eigenvalue weighted by Gasteiger charge is 2.21. The normalized spacial score (nSPS) is 25.9. The van der Waals surface area contributed by atoms with E-state index in [0.717, 1.165) is 5.92 Å². The van der Waals surface area contributed by atoms with Crippen LogP contribution in [0.2, 0.25) is 0 Å². The number of piperidine rings is 1. The van der Waals surface area contributed by atoms with Crippen molar-refractivity contribution in [3.8, 4) is 0 Å². The molecule has 2 rings (SSSR count). The Morgan fingerprint density at radius 2 is 1.69 bits per heavy atom. The molecular formula is C13H25N3. The first-order valence-corrected chi connectivity index (χ1v) is 6.55. The molecule has 0 saturated carbocycles. The Morgan fingerprint density at radius 1 is 1.06 bits per heavy atom. The van der Waals surface area contributed by atoms with Crippen molar-refractivity contribution in [3.63, 3.8) is 0 Å². The Morgan fingerprint density at radius 3 is 2.25 bits per heavy atom. The van der Waals surface area contributed by atoms with Crippen molar-refractivity contribution < 1.29 is 0 Å². The quantitative estimate of drug-likeness (QED) is 0.709. The molecule has 2 saturated heterocycles. The first-order valence-electron chi connectivity index (χ1n) is 6.55. The minimum Gasteiger partial charge on any atom is -0.378 e. The average Bonchev–Trinajstić information content (AvgIpc) is 2.33. The van der Waals surface area contributed by atoms with Gasteiger partial charge in [0.05, 0.1) is 0 Å². The summed E-state index contributed by atoms with van der Waals surface area (Å²) in [5.74, 6) is 0.916. The maximum atomic E-state index is 3.84. The smallest absolute Gasteiger partial charge is 0.0175 e. The number of rotatable bonds is 3. The van der Waals surface area contributed by atoms with Gasteiger partial charge in [0.25, 0.3) is 0 Å². The summed E-state index contributed by atoms with van der Waals surface area (Å²) >= 11 is 0. The van der Waals surface area contributed by atoms with Gasteiger partial charge in [-0.3, -0.25) is 0 Å². The number of piperazine rings is 1. The molecule has 0 unspecified atom stereocenters. The fraction of sp³-hybridized carbons (Fsp3) is 0.846. The van der Waals surface area contributed by atoms with Gasteiger partial charge in [-0.15, -0.1) is 0 Å². The predicted octanol–water partition coefficient (Wildman–Crippen LogP) is 1.09. The first-order chi connectivity index (χ1) is 7.78. The van der Waals surface area contributed by atoms with Gasteiger partial charge in [-0.1, -0.05) is 6.58 Å². The monoisotopic (exact) mass is 223 g/mol. The summed E-state index contributed by atoms with van der Waals surface area (Å²) in [5, 5.41) is 0. The molecule has 0 aromatic heterocycles. The number of likely N-dealkylation sites (N-methyl/N-ethyl adjacent to an activating group) is 1. The van der Waals surface area contributed by atoms with Crippen LogP contribution in [0.15, 0.2) is 12.8 Å². The van der Waals surface area contributed by atoms with E-state index in [4.69, 9.17) is 0 Å². The Kier molecular flexibility index (Phi) is 4.24. The van der Waals surface area contributed by atoms with Crippen LogP contribution in [0.4, 0.5) is 0 Å². The van der Waals surface area contributed by atoms with Gasteiger partial charge >= 0.3 is 0 Å². The number of nitrogens with zero attached hydrogens (tertiary/aromatic N) is 3. The van der Waals surface area contributed by atoms with Crippen LogP contribution in [-0.4, -0.2) is 67.6 Å². The molecule has 0 bridgehead atoms. The molecule has 0 aromatic rings. The Labute approximate surface area is 99.7 Å². The van der Waals surface area contributed by atoms with Gasteiger partial charge in [-0.05, 0) is 32.0 Å². The van der Waals surface area contributed by atoms with E-state index in [0.29, 0.717) is 0 Å². The lowest BCUT2D eigenvalue weighted by atomic mass is 9.96. The molecule has 92 valence electrons. The van der Waals surface area contributed by atoms with Gasteiger partial charge in [0.1, 0.15) is 0 Å². The van der Waals surface area contributed by atoms with Crippen LogP contribution in [0.5, 0.6) is 0 Å². The van der Waals surface area contributed by atoms with Crippen molar-refractivity contribution in [2.24, 2.45) is 5.92 Å². The molecule has 3 nitrogen and oxygen atoms in total. The summed E-state index contributed by atoms with van der Waals surface area (Å²) in [5.41, 5.74) is 0. The Bertz CT molecular complexity index is 213. The molecule has 0 N–H and O–H groups in total. The van der Waals surface area contributed by atoms with Crippen molar-refractivity contribution in [2.75, 3.05) is 52.9 Å². The fourth-order valence-electron chi connectivity index (χ4n) is 2.71. The topological polar surface area (TPSA) is 9.72 Å². The second-order valence-electron chi connectivity index (χ2n) is 5.27. The van der Waals surface area contributed by atoms with E-state index in [1.54, 1.807) is 0 Å². The third-order valence-electron chi connectivity index (χ3n) is 4.02. The largest absolute Gasteiger partial charge is 0.378 e. The standard InChI is InChI=1S/C13H25N3/c1-3-15-6-4-13(5-7-15)12-16-10-8-14(2)9-11-16/h3,13H,1,4-12H2,2H3. The van der Waals surface area contributed by atoms with Gasteiger partial charge < -0.3 is 14.7 Å². The molecular weight excluding hydrogens is 198 g/mol. The third-order valence-corrected chi connectivity index (χ3v) is 4.02. The van der Waals surface area contributed by atoms with Crippen molar-refractivity contribution in [1.29, 1.82) is 0 Å². The lowest BCUT2D eigenvalue weighted by molar-refractivity contribution is 0.116. The molecule has 0 aromatic carbocycles. The molecule has 2 fully saturated rings. The summed E-state index contributed by atoms with van der Waals surface area (Å²) < 4.78 is 0. The molecule has 0 atom stereocenters. The van der Waals surface area contributed by atoms with E-state index in [2.05, 4.69) is 28.3 Å². The second kappa shape index (κ2) is 5.69. The van der Waals surface area contributed by atoms with Crippen LogP contribution in [0.1, 0.15) is 12.8 Å². The van der Waals surface area contributed by atoms with E-state index in [1.165, 1.54) is 58.7 Å². The summed E-state index contributed by atoms with van der Waals surface area (Å²) in [6, 6.07) is 0. The zero-order chi connectivity index (χ0) is 11.4. The maximum Gasteiger partial charge on any atom is 0.0175 e. The molecule has 3 heteroatoms. The second-order valence-corrected chi connectivity index (χ2v) is 5.27. The minimum absolute atomic E-state index is 0.916. The van der Waals surface area contributed by atoms with E-state index in [1.807, 2.05) is 6.20 Å². The molecule has 2 heterocycles. The van der Waals surface area contributed by atoms with E-state index in [-0.39, 0.29) is 0 Å². The summed E-state index contributed by atoms with van der Waals surface area (Å²) in [4.78, 5) is 7.42. The van der Waals surface area contributed by atoms with E-state index >= 15 is 0 Å². The van der Waals surface area contributed by atoms with E-state index in [9.17, 15) is 0 Å². The summed E-state index contributed by atoms with van der Waals surface area (Å²) in [7, 11) is 2.22. The van der Waals surface area contributed by atoms with Gasteiger partial charge in [0.2, 0.25) is 0 Å². The summed E-state index contributed by atoms with van der Waals surface area (Å²) in [6.45, 7) is 12.6. The first kappa shape index (κ1) is 11.9. The van der Waals surface area contributed by atoms with Crippen LogP contribution in [-0.2, 0) is 0 Å². The van der Waals surface area contributed by atoms with Gasteiger partial charge in [0.15, 0.2) is 0 Å². The molecule has 2 aliphatic rings. The maximum absolute atomic E-state index is 3.84. The third kappa shape index (κ3) is 3.22. The van der Waals surface area contributed by atoms with Crippen LogP contribution in [0, 0.1) is 5.92 Å². The molecule has 0 radical (unpaired) electrons. The zero-order valence-corrected chi connectivity index (χ0v) is 10.6. The summed E-state index contributed by atoms with van der Waals surface area (Å²) in [6.07, 6.45) is 4.68. The zero-order valence-electron chi connectivity index (χ0n) is 10.6. The van der Waals surface area contributed by atoms with Gasteiger partial charge in [-0.2, -0.15) is 0 Å². The molecule has 0 spiro atoms. The Balaban J connectivity index is 1.68. The fourth-order valence-corrected chi connectivity index (χ4v) is 2.71. The van der Waals surface area contributed by atoms with Crippen molar-refractivity contribution >= 4 is 0 Å². The predicted molar refractivity (Wildman–Crippen MR) is 68.4 cm³/mol. The Hall–Kier alpha value is -0.540. The van der Waals surface area contributed by atoms with Crippen molar-refractivity contribution in [2.45, 2.75) is 12.8 Å². The number of hydrogen-bond acceptors (Lipinski definition) is 3. The lowest BCUT2D eigenvalue weighted by Gasteiger charge is -2.37. The average molecular weight is 223 g/mol. The van der Waals surface area contributed by atoms with Crippen LogP contribution in [0.3, 0.4) is 0 Å². The van der Waals surface area contributed by atoms with E-state index < -0.39 is 0 Å². The molecule has 0 aliphatic carbocycles.